The van der Waals surface area contributed by atoms with Gasteiger partial charge >= 0.3 is 5.97 Å². The molecule has 0 aliphatic heterocycles. The number of hydrogen-bond acceptors (Lipinski definition) is 7. The van der Waals surface area contributed by atoms with E-state index < -0.39 is 5.25 Å². The van der Waals surface area contributed by atoms with Crippen LogP contribution in [-0.4, -0.2) is 23.3 Å². The van der Waals surface area contributed by atoms with Crippen molar-refractivity contribution >= 4 is 34.2 Å². The number of nitrogen functional groups attached to an aromatic ring is 1. The molecule has 2 aromatic rings. The molecule has 0 fully saturated rings. The van der Waals surface area contributed by atoms with E-state index >= 15 is 0 Å². The summed E-state index contributed by atoms with van der Waals surface area (Å²) < 4.78 is 5.46. The quantitative estimate of drug-likeness (QED) is 0.683. The van der Waals surface area contributed by atoms with Crippen molar-refractivity contribution in [1.29, 1.82) is 0 Å². The molecule has 0 radical (unpaired) electrons. The van der Waals surface area contributed by atoms with Crippen molar-refractivity contribution in [3.8, 4) is 0 Å². The predicted octanol–water partition coefficient (Wildman–Crippen LogP) is 2.13. The molecule has 94 valence electrons. The van der Waals surface area contributed by atoms with Gasteiger partial charge in [-0.1, -0.05) is 53.4 Å². The number of ether oxygens (including phenoxy) is 1. The number of carbonyl (C=O) groups excluding carboxylic acids is 1. The standard InChI is InChI=1S/C11H11N3O2S2/c1-16-9(15)8(7-5-3-2-4-6-7)17-11-14-13-10(12)18-11/h2-6,8H,1H3,(H2,12,13)/t8-/m1/s1. The first-order valence-electron chi connectivity index (χ1n) is 5.09. The van der Waals surface area contributed by atoms with Crippen LogP contribution in [0.15, 0.2) is 34.7 Å². The van der Waals surface area contributed by atoms with Gasteiger partial charge < -0.3 is 10.5 Å². The fraction of sp³-hybridized carbons (Fsp3) is 0.182. The molecule has 0 amide bonds. The van der Waals surface area contributed by atoms with Crippen LogP contribution in [0.2, 0.25) is 0 Å². The van der Waals surface area contributed by atoms with E-state index in [0.29, 0.717) is 9.47 Å². The summed E-state index contributed by atoms with van der Waals surface area (Å²) in [5.41, 5.74) is 6.38. The molecule has 0 saturated carbocycles. The number of hydrogen-bond donors (Lipinski definition) is 1. The average molecular weight is 281 g/mol. The maximum atomic E-state index is 11.8. The Balaban J connectivity index is 2.24. The van der Waals surface area contributed by atoms with E-state index in [9.17, 15) is 4.79 Å². The van der Waals surface area contributed by atoms with E-state index in [4.69, 9.17) is 10.5 Å². The minimum atomic E-state index is -0.455. The first kappa shape index (κ1) is 12.8. The van der Waals surface area contributed by atoms with Gasteiger partial charge in [0.1, 0.15) is 5.25 Å². The summed E-state index contributed by atoms with van der Waals surface area (Å²) in [5.74, 6) is -0.319. The fourth-order valence-corrected chi connectivity index (χ4v) is 3.21. The molecule has 1 aromatic carbocycles. The van der Waals surface area contributed by atoms with Gasteiger partial charge in [0.2, 0.25) is 5.13 Å². The lowest BCUT2D eigenvalue weighted by Crippen LogP contribution is -2.10. The molecule has 2 rings (SSSR count). The number of nitrogens with zero attached hydrogens (tertiary/aromatic N) is 2. The van der Waals surface area contributed by atoms with Crippen LogP contribution in [0, 0.1) is 0 Å². The zero-order valence-electron chi connectivity index (χ0n) is 9.57. The summed E-state index contributed by atoms with van der Waals surface area (Å²) in [5, 5.41) is 7.55. The third-order valence-corrected chi connectivity index (χ3v) is 4.23. The first-order chi connectivity index (χ1) is 8.70. The number of benzene rings is 1. The van der Waals surface area contributed by atoms with Crippen molar-refractivity contribution in [2.24, 2.45) is 0 Å². The second-order valence-electron chi connectivity index (χ2n) is 3.34. The topological polar surface area (TPSA) is 78.1 Å². The molecule has 1 heterocycles. The molecule has 0 saturated heterocycles. The summed E-state index contributed by atoms with van der Waals surface area (Å²) in [6.45, 7) is 0. The second kappa shape index (κ2) is 5.83. The lowest BCUT2D eigenvalue weighted by molar-refractivity contribution is -0.140. The summed E-state index contributed by atoms with van der Waals surface area (Å²) in [7, 11) is 1.37. The molecule has 0 aliphatic carbocycles. The normalized spacial score (nSPS) is 12.1. The van der Waals surface area contributed by atoms with Crippen LogP contribution in [-0.2, 0) is 9.53 Å². The number of carbonyl (C=O) groups is 1. The molecule has 0 bridgehead atoms. The van der Waals surface area contributed by atoms with Crippen LogP contribution >= 0.6 is 23.1 Å². The first-order valence-corrected chi connectivity index (χ1v) is 6.78. The number of aromatic nitrogens is 2. The van der Waals surface area contributed by atoms with Crippen LogP contribution in [0.3, 0.4) is 0 Å². The van der Waals surface area contributed by atoms with E-state index in [-0.39, 0.29) is 5.97 Å². The van der Waals surface area contributed by atoms with E-state index in [1.165, 1.54) is 30.2 Å². The van der Waals surface area contributed by atoms with Gasteiger partial charge in [-0.2, -0.15) is 0 Å². The van der Waals surface area contributed by atoms with Crippen molar-refractivity contribution in [2.75, 3.05) is 12.8 Å². The summed E-state index contributed by atoms with van der Waals surface area (Å²) in [6.07, 6.45) is 0. The Morgan fingerprint density at radius 2 is 2.11 bits per heavy atom. The molecule has 0 unspecified atom stereocenters. The summed E-state index contributed by atoms with van der Waals surface area (Å²) >= 11 is 2.54. The highest BCUT2D eigenvalue weighted by Crippen LogP contribution is 2.37. The molecule has 0 aliphatic rings. The zero-order chi connectivity index (χ0) is 13.0. The van der Waals surface area contributed by atoms with Crippen molar-refractivity contribution in [2.45, 2.75) is 9.59 Å². The monoisotopic (exact) mass is 281 g/mol. The van der Waals surface area contributed by atoms with Crippen LogP contribution in [0.1, 0.15) is 10.8 Å². The van der Waals surface area contributed by atoms with Gasteiger partial charge in [-0.25, -0.2) is 0 Å². The van der Waals surface area contributed by atoms with Gasteiger partial charge in [0, 0.05) is 0 Å². The Morgan fingerprint density at radius 1 is 1.39 bits per heavy atom. The third-order valence-electron chi connectivity index (χ3n) is 2.16. The third kappa shape index (κ3) is 2.99. The molecule has 18 heavy (non-hydrogen) atoms. The lowest BCUT2D eigenvalue weighted by Gasteiger charge is -2.12. The maximum absolute atomic E-state index is 11.8. The molecule has 2 N–H and O–H groups in total. The highest BCUT2D eigenvalue weighted by Gasteiger charge is 2.24. The number of methoxy groups -OCH3 is 1. The Hall–Kier alpha value is -1.60. The van der Waals surface area contributed by atoms with E-state index in [0.717, 1.165) is 5.56 Å². The molecule has 7 heteroatoms. The van der Waals surface area contributed by atoms with Gasteiger partial charge in [0.05, 0.1) is 7.11 Å². The minimum absolute atomic E-state index is 0.319. The number of rotatable bonds is 4. The molecule has 5 nitrogen and oxygen atoms in total. The van der Waals surface area contributed by atoms with E-state index in [2.05, 4.69) is 10.2 Å². The fourth-order valence-electron chi connectivity index (χ4n) is 1.36. The smallest absolute Gasteiger partial charge is 0.323 e. The number of nitrogens with two attached hydrogens (primary N) is 1. The van der Waals surface area contributed by atoms with Crippen LogP contribution < -0.4 is 5.73 Å². The van der Waals surface area contributed by atoms with Gasteiger partial charge in [-0.15, -0.1) is 10.2 Å². The van der Waals surface area contributed by atoms with Crippen molar-refractivity contribution in [3.63, 3.8) is 0 Å². The van der Waals surface area contributed by atoms with Crippen molar-refractivity contribution in [3.05, 3.63) is 35.9 Å². The van der Waals surface area contributed by atoms with E-state index in [1.54, 1.807) is 0 Å². The highest BCUT2D eigenvalue weighted by atomic mass is 32.2. The van der Waals surface area contributed by atoms with Crippen LogP contribution in [0.5, 0.6) is 0 Å². The van der Waals surface area contributed by atoms with Crippen molar-refractivity contribution in [1.82, 2.24) is 10.2 Å². The lowest BCUT2D eigenvalue weighted by atomic mass is 10.1. The number of thioether (sulfide) groups is 1. The molecule has 1 atom stereocenters. The molecular formula is C11H11N3O2S2. The molecule has 0 spiro atoms. The molecule has 1 aromatic heterocycles. The Labute approximate surface area is 112 Å². The van der Waals surface area contributed by atoms with Crippen LogP contribution in [0.4, 0.5) is 5.13 Å². The number of anilines is 1. The zero-order valence-corrected chi connectivity index (χ0v) is 11.2. The Morgan fingerprint density at radius 3 is 2.67 bits per heavy atom. The number of esters is 1. The molecular weight excluding hydrogens is 270 g/mol. The largest absolute Gasteiger partial charge is 0.468 e. The summed E-state index contributed by atoms with van der Waals surface area (Å²) in [4.78, 5) is 11.8. The van der Waals surface area contributed by atoms with Gasteiger partial charge in [-0.05, 0) is 5.56 Å². The van der Waals surface area contributed by atoms with Gasteiger partial charge in [0.15, 0.2) is 4.34 Å². The average Bonchev–Trinajstić information content (AvgIpc) is 2.82. The minimum Gasteiger partial charge on any atom is -0.468 e. The predicted molar refractivity (Wildman–Crippen MR) is 71.4 cm³/mol. The van der Waals surface area contributed by atoms with Gasteiger partial charge in [-0.3, -0.25) is 4.79 Å². The second-order valence-corrected chi connectivity index (χ2v) is 5.70. The highest BCUT2D eigenvalue weighted by molar-refractivity contribution is 8.01. The maximum Gasteiger partial charge on any atom is 0.323 e. The Kier molecular flexibility index (Phi) is 4.16. The SMILES string of the molecule is COC(=O)[C@H](Sc1nnc(N)s1)c1ccccc1. The van der Waals surface area contributed by atoms with Crippen molar-refractivity contribution < 1.29 is 9.53 Å². The Bertz CT molecular complexity index is 530. The van der Waals surface area contributed by atoms with E-state index in [1.807, 2.05) is 30.3 Å². The van der Waals surface area contributed by atoms with Crippen LogP contribution in [0.25, 0.3) is 0 Å². The van der Waals surface area contributed by atoms with Gasteiger partial charge in [0.25, 0.3) is 0 Å². The summed E-state index contributed by atoms with van der Waals surface area (Å²) in [6, 6.07) is 9.39.